The van der Waals surface area contributed by atoms with Crippen LogP contribution in [0.2, 0.25) is 0 Å². The minimum Gasteiger partial charge on any atom is -1.00 e. The average molecular weight is 275 g/mol. The molecule has 19 heavy (non-hydrogen) atoms. The Labute approximate surface area is 118 Å². The molecule has 2 heterocycles. The molecule has 0 N–H and O–H groups in total. The molecule has 0 aliphatic rings. The Morgan fingerprint density at radius 1 is 1.11 bits per heavy atom. The second kappa shape index (κ2) is 5.41. The fourth-order valence-corrected chi connectivity index (χ4v) is 2.19. The number of hydrogen-bond donors (Lipinski definition) is 0. The molecule has 0 fully saturated rings. The van der Waals surface area contributed by atoms with Gasteiger partial charge in [0.1, 0.15) is 5.76 Å². The minimum atomic E-state index is 0. The lowest BCUT2D eigenvalue weighted by Crippen LogP contribution is -3.00. The normalized spacial score (nSPS) is 10.4. The van der Waals surface area contributed by atoms with Crippen molar-refractivity contribution in [1.29, 1.82) is 0 Å². The third-order valence-electron chi connectivity index (χ3n) is 3.27. The Morgan fingerprint density at radius 2 is 1.84 bits per heavy atom. The van der Waals surface area contributed by atoms with Gasteiger partial charge in [0.25, 0.3) is 0 Å². The molecular formula is C15H15ClN2O. The summed E-state index contributed by atoms with van der Waals surface area (Å²) in [7, 11) is 0. The summed E-state index contributed by atoms with van der Waals surface area (Å²) in [5, 5.41) is 6.49. The van der Waals surface area contributed by atoms with E-state index in [4.69, 9.17) is 4.52 Å². The molecule has 0 saturated carbocycles. The van der Waals surface area contributed by atoms with Gasteiger partial charge < -0.3 is 16.9 Å². The molecule has 0 aliphatic carbocycles. The van der Waals surface area contributed by atoms with E-state index in [0.29, 0.717) is 0 Å². The van der Waals surface area contributed by atoms with Crippen LogP contribution in [0.25, 0.3) is 10.8 Å². The van der Waals surface area contributed by atoms with E-state index in [1.807, 2.05) is 13.8 Å². The van der Waals surface area contributed by atoms with Crippen LogP contribution in [-0.2, 0) is 6.54 Å². The van der Waals surface area contributed by atoms with Crippen LogP contribution < -0.4 is 17.0 Å². The van der Waals surface area contributed by atoms with Gasteiger partial charge in [-0.25, -0.2) is 0 Å². The molecule has 98 valence electrons. The van der Waals surface area contributed by atoms with Crippen LogP contribution in [0.3, 0.4) is 0 Å². The zero-order valence-corrected chi connectivity index (χ0v) is 11.7. The summed E-state index contributed by atoms with van der Waals surface area (Å²) in [4.78, 5) is 0. The van der Waals surface area contributed by atoms with Crippen molar-refractivity contribution in [2.45, 2.75) is 20.4 Å². The Hall–Kier alpha value is -1.87. The lowest BCUT2D eigenvalue weighted by atomic mass is 10.1. The summed E-state index contributed by atoms with van der Waals surface area (Å²) in [6, 6.07) is 10.5. The number of halogens is 1. The number of nitrogens with zero attached hydrogens (tertiary/aromatic N) is 2. The quantitative estimate of drug-likeness (QED) is 0.605. The molecule has 0 unspecified atom stereocenters. The van der Waals surface area contributed by atoms with E-state index in [0.717, 1.165) is 23.6 Å². The zero-order chi connectivity index (χ0) is 12.5. The Morgan fingerprint density at radius 3 is 2.53 bits per heavy atom. The summed E-state index contributed by atoms with van der Waals surface area (Å²) in [6.45, 7) is 4.73. The van der Waals surface area contributed by atoms with Crippen molar-refractivity contribution in [3.8, 4) is 0 Å². The predicted molar refractivity (Wildman–Crippen MR) is 69.2 cm³/mol. The number of aryl methyl sites for hydroxylation is 2. The SMILES string of the molecule is Cc1noc(C)c1C[n+]1ccc2ccccc2c1.[Cl-]. The molecule has 4 heteroatoms. The maximum Gasteiger partial charge on any atom is 0.179 e. The van der Waals surface area contributed by atoms with Crippen LogP contribution >= 0.6 is 0 Å². The van der Waals surface area contributed by atoms with Gasteiger partial charge in [-0.2, -0.15) is 4.57 Å². The van der Waals surface area contributed by atoms with Crippen molar-refractivity contribution >= 4 is 10.8 Å². The van der Waals surface area contributed by atoms with Gasteiger partial charge in [0.2, 0.25) is 0 Å². The molecule has 0 aliphatic heterocycles. The Kier molecular flexibility index (Phi) is 3.86. The second-order valence-electron chi connectivity index (χ2n) is 4.55. The number of benzene rings is 1. The highest BCUT2D eigenvalue weighted by molar-refractivity contribution is 5.80. The van der Waals surface area contributed by atoms with Crippen molar-refractivity contribution in [3.05, 3.63) is 59.7 Å². The van der Waals surface area contributed by atoms with Crippen molar-refractivity contribution in [2.24, 2.45) is 0 Å². The van der Waals surface area contributed by atoms with Crippen LogP contribution in [0.4, 0.5) is 0 Å². The topological polar surface area (TPSA) is 29.9 Å². The van der Waals surface area contributed by atoms with E-state index in [1.54, 1.807) is 0 Å². The predicted octanol–water partition coefficient (Wildman–Crippen LogP) is -0.216. The summed E-state index contributed by atoms with van der Waals surface area (Å²) in [6.07, 6.45) is 4.25. The first-order valence-electron chi connectivity index (χ1n) is 6.03. The molecule has 2 aromatic heterocycles. The standard InChI is InChI=1S/C15H15N2O.ClH/c1-11-15(12(2)18-16-11)10-17-8-7-13-5-3-4-6-14(13)9-17;/h3-9H,10H2,1-2H3;1H/q+1;/p-1. The third kappa shape index (κ3) is 2.61. The van der Waals surface area contributed by atoms with Crippen LogP contribution in [-0.4, -0.2) is 5.16 Å². The van der Waals surface area contributed by atoms with Crippen LogP contribution in [0.15, 0.2) is 47.2 Å². The first-order chi connectivity index (χ1) is 8.74. The number of hydrogen-bond acceptors (Lipinski definition) is 2. The van der Waals surface area contributed by atoms with Gasteiger partial charge in [-0.1, -0.05) is 23.4 Å². The Bertz CT molecular complexity index is 687. The fourth-order valence-electron chi connectivity index (χ4n) is 2.19. The maximum absolute atomic E-state index is 5.19. The monoisotopic (exact) mass is 274 g/mol. The molecule has 3 aromatic rings. The summed E-state index contributed by atoms with van der Waals surface area (Å²) in [5.41, 5.74) is 2.13. The fraction of sp³-hybridized carbons (Fsp3) is 0.200. The largest absolute Gasteiger partial charge is 1.00 e. The van der Waals surface area contributed by atoms with Gasteiger partial charge in [0.05, 0.1) is 11.3 Å². The number of aromatic nitrogens is 2. The molecule has 0 spiro atoms. The van der Waals surface area contributed by atoms with Gasteiger partial charge in [-0.05, 0) is 25.3 Å². The molecular weight excluding hydrogens is 260 g/mol. The summed E-state index contributed by atoms with van der Waals surface area (Å²) >= 11 is 0. The van der Waals surface area contributed by atoms with Gasteiger partial charge in [0, 0.05) is 11.5 Å². The molecule has 1 aromatic carbocycles. The van der Waals surface area contributed by atoms with Crippen LogP contribution in [0.1, 0.15) is 17.0 Å². The van der Waals surface area contributed by atoms with Gasteiger partial charge >= 0.3 is 0 Å². The maximum atomic E-state index is 5.19. The van der Waals surface area contributed by atoms with E-state index in [1.165, 1.54) is 10.8 Å². The minimum absolute atomic E-state index is 0. The first kappa shape index (κ1) is 13.6. The number of pyridine rings is 1. The average Bonchev–Trinajstić information content (AvgIpc) is 2.70. The Balaban J connectivity index is 0.00000133. The summed E-state index contributed by atoms with van der Waals surface area (Å²) in [5.74, 6) is 0.896. The third-order valence-corrected chi connectivity index (χ3v) is 3.27. The molecule has 3 rings (SSSR count). The van der Waals surface area contributed by atoms with Gasteiger partial charge in [-0.15, -0.1) is 0 Å². The van der Waals surface area contributed by atoms with E-state index < -0.39 is 0 Å². The zero-order valence-electron chi connectivity index (χ0n) is 10.9. The van der Waals surface area contributed by atoms with Crippen molar-refractivity contribution < 1.29 is 21.5 Å². The first-order valence-corrected chi connectivity index (χ1v) is 6.03. The van der Waals surface area contributed by atoms with E-state index in [2.05, 4.69) is 52.4 Å². The van der Waals surface area contributed by atoms with Crippen LogP contribution in [0.5, 0.6) is 0 Å². The van der Waals surface area contributed by atoms with Crippen LogP contribution in [0, 0.1) is 13.8 Å². The van der Waals surface area contributed by atoms with Crippen molar-refractivity contribution in [3.63, 3.8) is 0 Å². The summed E-state index contributed by atoms with van der Waals surface area (Å²) < 4.78 is 7.35. The highest BCUT2D eigenvalue weighted by Crippen LogP contribution is 2.13. The smallest absolute Gasteiger partial charge is 0.179 e. The van der Waals surface area contributed by atoms with Gasteiger partial charge in [-0.3, -0.25) is 0 Å². The highest BCUT2D eigenvalue weighted by Gasteiger charge is 2.13. The highest BCUT2D eigenvalue weighted by atomic mass is 35.5. The molecule has 0 saturated heterocycles. The van der Waals surface area contributed by atoms with E-state index >= 15 is 0 Å². The number of fused-ring (bicyclic) bond motifs is 1. The van der Waals surface area contributed by atoms with Crippen molar-refractivity contribution in [2.75, 3.05) is 0 Å². The molecule has 0 atom stereocenters. The second-order valence-corrected chi connectivity index (χ2v) is 4.55. The number of rotatable bonds is 2. The van der Waals surface area contributed by atoms with Gasteiger partial charge in [0.15, 0.2) is 18.9 Å². The van der Waals surface area contributed by atoms with E-state index in [9.17, 15) is 0 Å². The lowest BCUT2D eigenvalue weighted by Gasteiger charge is -1.99. The van der Waals surface area contributed by atoms with Crippen molar-refractivity contribution in [1.82, 2.24) is 5.16 Å². The van der Waals surface area contributed by atoms with E-state index in [-0.39, 0.29) is 12.4 Å². The lowest BCUT2D eigenvalue weighted by molar-refractivity contribution is -0.687. The molecule has 0 radical (unpaired) electrons. The molecule has 0 amide bonds. The molecule has 3 nitrogen and oxygen atoms in total. The molecule has 0 bridgehead atoms.